The highest BCUT2D eigenvalue weighted by Gasteiger charge is 2.10. The fraction of sp³-hybridized carbons (Fsp3) is 0.0714. The van der Waals surface area contributed by atoms with Crippen LogP contribution in [0.2, 0.25) is 0 Å². The number of amides is 1. The van der Waals surface area contributed by atoms with Crippen LogP contribution in [0.5, 0.6) is 0 Å². The molecule has 0 spiro atoms. The Hall–Kier alpha value is -1.88. The molecule has 0 aliphatic carbocycles. The molecule has 2 rings (SSSR count). The highest BCUT2D eigenvalue weighted by atomic mass is 79.9. The van der Waals surface area contributed by atoms with Crippen LogP contribution in [0.4, 0.5) is 15.8 Å². The molecular weight excluding hydrogens is 311 g/mol. The van der Waals surface area contributed by atoms with Crippen LogP contribution in [-0.2, 0) is 0 Å². The molecule has 0 radical (unpaired) electrons. The van der Waals surface area contributed by atoms with E-state index in [0.29, 0.717) is 21.4 Å². The number of nitrogens with two attached hydrogens (primary N) is 1. The van der Waals surface area contributed by atoms with Gasteiger partial charge in [0, 0.05) is 21.4 Å². The highest BCUT2D eigenvalue weighted by molar-refractivity contribution is 9.10. The Balaban J connectivity index is 2.28. The summed E-state index contributed by atoms with van der Waals surface area (Å²) in [7, 11) is 0. The maximum Gasteiger partial charge on any atom is 0.255 e. The summed E-state index contributed by atoms with van der Waals surface area (Å²) in [6.07, 6.45) is 0. The number of halogens is 2. The molecule has 0 bridgehead atoms. The molecule has 0 unspecified atom stereocenters. The van der Waals surface area contributed by atoms with Crippen LogP contribution in [0.15, 0.2) is 40.9 Å². The van der Waals surface area contributed by atoms with Crippen LogP contribution >= 0.6 is 15.9 Å². The van der Waals surface area contributed by atoms with Gasteiger partial charge in [-0.15, -0.1) is 0 Å². The molecule has 0 heterocycles. The largest absolute Gasteiger partial charge is 0.399 e. The molecule has 3 N–H and O–H groups in total. The zero-order valence-corrected chi connectivity index (χ0v) is 11.8. The van der Waals surface area contributed by atoms with E-state index in [1.165, 1.54) is 12.1 Å². The Morgan fingerprint density at radius 3 is 2.68 bits per heavy atom. The monoisotopic (exact) mass is 322 g/mol. The molecule has 1 amide bonds. The average Bonchev–Trinajstić information content (AvgIpc) is 2.32. The van der Waals surface area contributed by atoms with Crippen molar-refractivity contribution in [3.63, 3.8) is 0 Å². The van der Waals surface area contributed by atoms with E-state index in [9.17, 15) is 9.18 Å². The van der Waals surface area contributed by atoms with Gasteiger partial charge in [0.05, 0.1) is 0 Å². The Kier molecular flexibility index (Phi) is 3.85. The van der Waals surface area contributed by atoms with Crippen molar-refractivity contribution in [2.75, 3.05) is 11.1 Å². The van der Waals surface area contributed by atoms with Crippen LogP contribution < -0.4 is 11.1 Å². The summed E-state index contributed by atoms with van der Waals surface area (Å²) in [5, 5.41) is 2.67. The number of hydrogen-bond donors (Lipinski definition) is 2. The van der Waals surface area contributed by atoms with E-state index in [1.807, 2.05) is 0 Å². The third-order valence-electron chi connectivity index (χ3n) is 2.63. The second kappa shape index (κ2) is 5.40. The SMILES string of the molecule is Cc1ccc(F)cc1NC(=O)c1cc(N)cc(Br)c1. The minimum Gasteiger partial charge on any atom is -0.399 e. The van der Waals surface area contributed by atoms with Crippen LogP contribution in [0.3, 0.4) is 0 Å². The maximum absolute atomic E-state index is 13.1. The van der Waals surface area contributed by atoms with Crippen molar-refractivity contribution in [3.8, 4) is 0 Å². The van der Waals surface area contributed by atoms with Crippen molar-refractivity contribution in [1.82, 2.24) is 0 Å². The first-order chi connectivity index (χ1) is 8.95. The summed E-state index contributed by atoms with van der Waals surface area (Å²) in [6.45, 7) is 1.80. The number of nitrogen functional groups attached to an aromatic ring is 1. The van der Waals surface area contributed by atoms with Gasteiger partial charge in [0.15, 0.2) is 0 Å². The molecule has 5 heteroatoms. The first-order valence-corrected chi connectivity index (χ1v) is 6.38. The van der Waals surface area contributed by atoms with Crippen molar-refractivity contribution >= 4 is 33.2 Å². The summed E-state index contributed by atoms with van der Waals surface area (Å²) in [6, 6.07) is 9.16. The van der Waals surface area contributed by atoms with Gasteiger partial charge in [0.25, 0.3) is 5.91 Å². The van der Waals surface area contributed by atoms with Gasteiger partial charge in [-0.25, -0.2) is 4.39 Å². The summed E-state index contributed by atoms with van der Waals surface area (Å²) >= 11 is 3.27. The maximum atomic E-state index is 13.1. The molecule has 0 atom stereocenters. The molecule has 19 heavy (non-hydrogen) atoms. The Labute approximate surface area is 118 Å². The average molecular weight is 323 g/mol. The molecule has 0 aromatic heterocycles. The zero-order chi connectivity index (χ0) is 14.0. The van der Waals surface area contributed by atoms with E-state index in [4.69, 9.17) is 5.73 Å². The summed E-state index contributed by atoms with van der Waals surface area (Å²) in [5.74, 6) is -0.726. The lowest BCUT2D eigenvalue weighted by Gasteiger charge is -2.09. The lowest BCUT2D eigenvalue weighted by molar-refractivity contribution is 0.102. The van der Waals surface area contributed by atoms with E-state index >= 15 is 0 Å². The van der Waals surface area contributed by atoms with Gasteiger partial charge in [-0.2, -0.15) is 0 Å². The Morgan fingerprint density at radius 1 is 1.26 bits per heavy atom. The number of anilines is 2. The van der Waals surface area contributed by atoms with Gasteiger partial charge in [0.2, 0.25) is 0 Å². The second-order valence-electron chi connectivity index (χ2n) is 4.19. The van der Waals surface area contributed by atoms with Crippen molar-refractivity contribution in [1.29, 1.82) is 0 Å². The van der Waals surface area contributed by atoms with Crippen molar-refractivity contribution in [2.24, 2.45) is 0 Å². The number of carbonyl (C=O) groups excluding carboxylic acids is 1. The summed E-state index contributed by atoms with van der Waals surface area (Å²) in [5.41, 5.74) is 7.81. The molecule has 0 aliphatic rings. The molecule has 0 fully saturated rings. The van der Waals surface area contributed by atoms with Crippen LogP contribution in [0.25, 0.3) is 0 Å². The number of aryl methyl sites for hydroxylation is 1. The number of rotatable bonds is 2. The zero-order valence-electron chi connectivity index (χ0n) is 10.2. The summed E-state index contributed by atoms with van der Waals surface area (Å²) in [4.78, 5) is 12.1. The Bertz CT molecular complexity index is 623. The second-order valence-corrected chi connectivity index (χ2v) is 5.10. The molecular formula is C14H12BrFN2O. The third-order valence-corrected chi connectivity index (χ3v) is 3.09. The van der Waals surface area contributed by atoms with Gasteiger partial charge in [0.1, 0.15) is 5.82 Å². The molecule has 0 saturated carbocycles. The van der Waals surface area contributed by atoms with Crippen molar-refractivity contribution in [2.45, 2.75) is 6.92 Å². The number of hydrogen-bond acceptors (Lipinski definition) is 2. The van der Waals surface area contributed by atoms with Gasteiger partial charge < -0.3 is 11.1 Å². The number of benzene rings is 2. The first-order valence-electron chi connectivity index (χ1n) is 5.59. The van der Waals surface area contributed by atoms with Gasteiger partial charge in [-0.05, 0) is 42.8 Å². The number of nitrogens with one attached hydrogen (secondary N) is 1. The topological polar surface area (TPSA) is 55.1 Å². The lowest BCUT2D eigenvalue weighted by Crippen LogP contribution is -2.13. The fourth-order valence-electron chi connectivity index (χ4n) is 1.67. The van der Waals surface area contributed by atoms with Gasteiger partial charge in [-0.1, -0.05) is 22.0 Å². The molecule has 2 aromatic carbocycles. The molecule has 2 aromatic rings. The lowest BCUT2D eigenvalue weighted by atomic mass is 10.1. The molecule has 3 nitrogen and oxygen atoms in total. The normalized spacial score (nSPS) is 10.3. The third kappa shape index (κ3) is 3.32. The molecule has 0 aliphatic heterocycles. The number of carbonyl (C=O) groups is 1. The minimum absolute atomic E-state index is 0.332. The smallest absolute Gasteiger partial charge is 0.255 e. The van der Waals surface area contributed by atoms with E-state index in [2.05, 4.69) is 21.2 Å². The fourth-order valence-corrected chi connectivity index (χ4v) is 2.18. The standard InChI is InChI=1S/C14H12BrFN2O/c1-8-2-3-11(16)7-13(8)18-14(19)9-4-10(15)6-12(17)5-9/h2-7H,17H2,1H3,(H,18,19). The van der Waals surface area contributed by atoms with Crippen LogP contribution in [0.1, 0.15) is 15.9 Å². The minimum atomic E-state index is -0.394. The van der Waals surface area contributed by atoms with E-state index in [0.717, 1.165) is 5.56 Å². The van der Waals surface area contributed by atoms with Crippen LogP contribution in [-0.4, -0.2) is 5.91 Å². The van der Waals surface area contributed by atoms with Crippen molar-refractivity contribution in [3.05, 3.63) is 57.8 Å². The van der Waals surface area contributed by atoms with Crippen LogP contribution in [0, 0.1) is 12.7 Å². The molecule has 0 saturated heterocycles. The highest BCUT2D eigenvalue weighted by Crippen LogP contribution is 2.20. The first kappa shape index (κ1) is 13.5. The predicted octanol–water partition coefficient (Wildman–Crippen LogP) is 3.73. The Morgan fingerprint density at radius 2 is 2.00 bits per heavy atom. The van der Waals surface area contributed by atoms with E-state index in [1.54, 1.807) is 31.2 Å². The van der Waals surface area contributed by atoms with Gasteiger partial charge >= 0.3 is 0 Å². The van der Waals surface area contributed by atoms with Gasteiger partial charge in [-0.3, -0.25) is 4.79 Å². The predicted molar refractivity (Wildman–Crippen MR) is 77.6 cm³/mol. The van der Waals surface area contributed by atoms with Crippen molar-refractivity contribution < 1.29 is 9.18 Å². The van der Waals surface area contributed by atoms with E-state index in [-0.39, 0.29) is 5.91 Å². The summed E-state index contributed by atoms with van der Waals surface area (Å²) < 4.78 is 13.9. The quantitative estimate of drug-likeness (QED) is 0.828. The molecule has 98 valence electrons. The van der Waals surface area contributed by atoms with E-state index < -0.39 is 5.82 Å².